The number of pyridine rings is 1. The van der Waals surface area contributed by atoms with E-state index in [-0.39, 0.29) is 22.0 Å². The number of nitrogens with zero attached hydrogens (tertiary/aromatic N) is 3. The number of aromatic nitrogens is 2. The first-order chi connectivity index (χ1) is 17.8. The Bertz CT molecular complexity index is 1790. The van der Waals surface area contributed by atoms with Crippen LogP contribution in [0, 0.1) is 0 Å². The zero-order valence-electron chi connectivity index (χ0n) is 18.6. The first kappa shape index (κ1) is 23.1. The van der Waals surface area contributed by atoms with Gasteiger partial charge in [-0.25, -0.2) is 9.78 Å². The molecule has 0 radical (unpaired) electrons. The Labute approximate surface area is 220 Å². The Balaban J connectivity index is 1.49. The molecule has 5 aromatic rings. The van der Waals surface area contributed by atoms with Gasteiger partial charge in [0.05, 0.1) is 27.0 Å². The quantitative estimate of drug-likeness (QED) is 0.255. The molecule has 11 heteroatoms. The van der Waals surface area contributed by atoms with Gasteiger partial charge in [0.15, 0.2) is 16.7 Å². The van der Waals surface area contributed by atoms with Crippen molar-refractivity contribution in [3.05, 3.63) is 99.7 Å². The summed E-state index contributed by atoms with van der Waals surface area (Å²) in [6, 6.07) is 15.2. The third-order valence-corrected chi connectivity index (χ3v) is 7.46. The number of carboxylic acids is 1. The predicted octanol–water partition coefficient (Wildman–Crippen LogP) is 5.68. The Hall–Kier alpha value is -4.35. The van der Waals surface area contributed by atoms with Crippen LogP contribution in [0.4, 0.5) is 5.13 Å². The monoisotopic (exact) mass is 575 g/mol. The number of furan rings is 1. The van der Waals surface area contributed by atoms with Gasteiger partial charge in [-0.2, -0.15) is 0 Å². The van der Waals surface area contributed by atoms with E-state index in [1.54, 1.807) is 48.5 Å². The number of aliphatic hydroxyl groups excluding tert-OH is 1. The Morgan fingerprint density at radius 3 is 2.68 bits per heavy atom. The van der Waals surface area contributed by atoms with Crippen LogP contribution < -0.4 is 4.90 Å². The maximum atomic E-state index is 13.7. The largest absolute Gasteiger partial charge is 0.503 e. The van der Waals surface area contributed by atoms with Crippen molar-refractivity contribution in [1.82, 2.24) is 9.97 Å². The van der Waals surface area contributed by atoms with E-state index in [9.17, 15) is 24.6 Å². The molecule has 1 unspecified atom stereocenters. The summed E-state index contributed by atoms with van der Waals surface area (Å²) in [6.45, 7) is 0. The summed E-state index contributed by atoms with van der Waals surface area (Å²) < 4.78 is 7.09. The number of fused-ring (bicyclic) bond motifs is 2. The van der Waals surface area contributed by atoms with Crippen LogP contribution in [0.15, 0.2) is 87.1 Å². The van der Waals surface area contributed by atoms with E-state index in [4.69, 9.17) is 4.42 Å². The van der Waals surface area contributed by atoms with Crippen LogP contribution in [0.5, 0.6) is 0 Å². The molecule has 0 bridgehead atoms. The Morgan fingerprint density at radius 2 is 1.92 bits per heavy atom. The van der Waals surface area contributed by atoms with E-state index >= 15 is 0 Å². The minimum absolute atomic E-state index is 0.0411. The van der Waals surface area contributed by atoms with E-state index < -0.39 is 29.5 Å². The molecular formula is C26H14BrN3O6S. The minimum Gasteiger partial charge on any atom is -0.503 e. The number of Topliss-reactive ketones (excluding diaryl/α,β-unsaturated/α-hetero) is 1. The number of carboxylic acid groups (broad SMARTS) is 1. The van der Waals surface area contributed by atoms with E-state index in [0.29, 0.717) is 26.9 Å². The molecule has 2 N–H and O–H groups in total. The molecule has 37 heavy (non-hydrogen) atoms. The summed E-state index contributed by atoms with van der Waals surface area (Å²) in [7, 11) is 0. The summed E-state index contributed by atoms with van der Waals surface area (Å²) >= 11 is 4.46. The fourth-order valence-electron chi connectivity index (χ4n) is 4.26. The number of hydrogen-bond donors (Lipinski definition) is 2. The highest BCUT2D eigenvalue weighted by Crippen LogP contribution is 2.44. The lowest BCUT2D eigenvalue weighted by molar-refractivity contribution is -0.117. The molecule has 1 amide bonds. The molecule has 1 aliphatic rings. The summed E-state index contributed by atoms with van der Waals surface area (Å²) in [5.74, 6) is -3.35. The van der Waals surface area contributed by atoms with Crippen LogP contribution in [0.2, 0.25) is 0 Å². The van der Waals surface area contributed by atoms with Crippen LogP contribution in [-0.4, -0.2) is 37.8 Å². The lowest BCUT2D eigenvalue weighted by atomic mass is 9.98. The average Bonchev–Trinajstić information content (AvgIpc) is 3.57. The van der Waals surface area contributed by atoms with Crippen LogP contribution >= 0.6 is 27.3 Å². The SMILES string of the molecule is O=C(O)c1ccc2nc(N3C(=O)C(O)=C(C(=O)c4cc5cc(Br)ccc5o4)C3c3ccccn3)sc2c1. The maximum Gasteiger partial charge on any atom is 0.335 e. The number of hydrogen-bond acceptors (Lipinski definition) is 8. The number of carbonyl (C=O) groups excluding carboxylic acids is 2. The molecule has 0 saturated heterocycles. The first-order valence-corrected chi connectivity index (χ1v) is 12.5. The number of aliphatic hydroxyl groups is 1. The highest BCUT2D eigenvalue weighted by Gasteiger charge is 2.47. The number of thiazole rings is 1. The molecule has 1 atom stereocenters. The molecule has 6 rings (SSSR count). The molecule has 4 heterocycles. The highest BCUT2D eigenvalue weighted by molar-refractivity contribution is 9.10. The Kier molecular flexibility index (Phi) is 5.39. The lowest BCUT2D eigenvalue weighted by Crippen LogP contribution is -2.31. The van der Waals surface area contributed by atoms with Gasteiger partial charge in [-0.15, -0.1) is 0 Å². The van der Waals surface area contributed by atoms with Gasteiger partial charge in [0.2, 0.25) is 5.78 Å². The molecule has 0 fully saturated rings. The van der Waals surface area contributed by atoms with E-state index in [1.165, 1.54) is 23.2 Å². The smallest absolute Gasteiger partial charge is 0.335 e. The first-order valence-electron chi connectivity index (χ1n) is 10.9. The summed E-state index contributed by atoms with van der Waals surface area (Å²) in [6.07, 6.45) is 1.52. The number of rotatable bonds is 5. The molecular weight excluding hydrogens is 562 g/mol. The number of anilines is 1. The maximum absolute atomic E-state index is 13.7. The molecule has 182 valence electrons. The zero-order chi connectivity index (χ0) is 25.8. The number of aromatic carboxylic acids is 1. The van der Waals surface area contributed by atoms with Crippen molar-refractivity contribution in [2.75, 3.05) is 4.90 Å². The molecule has 3 aromatic heterocycles. The van der Waals surface area contributed by atoms with Crippen LogP contribution in [0.25, 0.3) is 21.2 Å². The average molecular weight is 576 g/mol. The van der Waals surface area contributed by atoms with E-state index in [0.717, 1.165) is 15.8 Å². The van der Waals surface area contributed by atoms with Crippen molar-refractivity contribution in [2.45, 2.75) is 6.04 Å². The number of ketones is 1. The summed E-state index contributed by atoms with van der Waals surface area (Å²) in [4.78, 5) is 48.5. The summed E-state index contributed by atoms with van der Waals surface area (Å²) in [5.41, 5.74) is 1.17. The van der Waals surface area contributed by atoms with Crippen molar-refractivity contribution in [2.24, 2.45) is 0 Å². The van der Waals surface area contributed by atoms with Gasteiger partial charge in [-0.05, 0) is 54.6 Å². The third-order valence-electron chi connectivity index (χ3n) is 5.95. The zero-order valence-corrected chi connectivity index (χ0v) is 21.0. The number of amides is 1. The van der Waals surface area contributed by atoms with Crippen molar-refractivity contribution >= 4 is 71.2 Å². The third kappa shape index (κ3) is 3.79. The van der Waals surface area contributed by atoms with Gasteiger partial charge in [-0.3, -0.25) is 19.5 Å². The van der Waals surface area contributed by atoms with Gasteiger partial charge in [-0.1, -0.05) is 33.3 Å². The second kappa shape index (κ2) is 8.64. The standard InChI is InChI=1S/C26H14BrN3O6S/c27-14-5-7-17-13(9-14)10-18(36-17)22(31)20-21(16-3-1-2-8-28-16)30(24(33)23(20)32)26-29-15-6-4-12(25(34)35)11-19(15)37-26/h1-11,21,32H,(H,34,35). The summed E-state index contributed by atoms with van der Waals surface area (Å²) in [5, 5.41) is 21.1. The molecule has 0 saturated carbocycles. The molecule has 0 aliphatic carbocycles. The van der Waals surface area contributed by atoms with Gasteiger partial charge in [0, 0.05) is 16.1 Å². The fourth-order valence-corrected chi connectivity index (χ4v) is 5.67. The fraction of sp³-hybridized carbons (Fsp3) is 0.0385. The van der Waals surface area contributed by atoms with Crippen molar-refractivity contribution in [3.63, 3.8) is 0 Å². The van der Waals surface area contributed by atoms with Crippen LogP contribution in [-0.2, 0) is 4.79 Å². The van der Waals surface area contributed by atoms with Crippen molar-refractivity contribution < 1.29 is 29.0 Å². The predicted molar refractivity (Wildman–Crippen MR) is 139 cm³/mol. The number of halogens is 1. The Morgan fingerprint density at radius 1 is 1.08 bits per heavy atom. The van der Waals surface area contributed by atoms with Gasteiger partial charge in [0.1, 0.15) is 11.6 Å². The molecule has 1 aliphatic heterocycles. The number of carbonyl (C=O) groups is 3. The van der Waals surface area contributed by atoms with Gasteiger partial charge < -0.3 is 14.6 Å². The lowest BCUT2D eigenvalue weighted by Gasteiger charge is -2.23. The topological polar surface area (TPSA) is 134 Å². The molecule has 9 nitrogen and oxygen atoms in total. The highest BCUT2D eigenvalue weighted by atomic mass is 79.9. The van der Waals surface area contributed by atoms with Gasteiger partial charge in [0.25, 0.3) is 5.91 Å². The van der Waals surface area contributed by atoms with Crippen molar-refractivity contribution in [1.29, 1.82) is 0 Å². The van der Waals surface area contributed by atoms with Gasteiger partial charge >= 0.3 is 5.97 Å². The van der Waals surface area contributed by atoms with Crippen molar-refractivity contribution in [3.8, 4) is 0 Å². The normalized spacial score (nSPS) is 15.8. The second-order valence-corrected chi connectivity index (χ2v) is 10.1. The minimum atomic E-state index is -1.09. The second-order valence-electron chi connectivity index (χ2n) is 8.20. The molecule has 0 spiro atoms. The van der Waals surface area contributed by atoms with E-state index in [1.807, 2.05) is 0 Å². The van der Waals surface area contributed by atoms with E-state index in [2.05, 4.69) is 25.9 Å². The van der Waals surface area contributed by atoms with Crippen LogP contribution in [0.3, 0.4) is 0 Å². The number of benzene rings is 2. The molecule has 2 aromatic carbocycles. The van der Waals surface area contributed by atoms with Crippen LogP contribution in [0.1, 0.15) is 32.6 Å².